The summed E-state index contributed by atoms with van der Waals surface area (Å²) < 4.78 is 3.86. The van der Waals surface area contributed by atoms with E-state index in [2.05, 4.69) is 30.1 Å². The molecule has 0 amide bonds. The van der Waals surface area contributed by atoms with Crippen LogP contribution in [0.25, 0.3) is 0 Å². The van der Waals surface area contributed by atoms with Gasteiger partial charge in [-0.3, -0.25) is 0 Å². The van der Waals surface area contributed by atoms with Gasteiger partial charge in [0.05, 0.1) is 0 Å². The normalized spacial score (nSPS) is 1.07. The predicted molar refractivity (Wildman–Crippen MR) is 36.6 cm³/mol. The summed E-state index contributed by atoms with van der Waals surface area (Å²) in [7, 11) is 0. The van der Waals surface area contributed by atoms with Crippen LogP contribution in [0.5, 0.6) is 0 Å². The summed E-state index contributed by atoms with van der Waals surface area (Å²) in [6.45, 7) is 6.78. The average molecular weight is 14400 g/mol. The van der Waals surface area contributed by atoms with Gasteiger partial charge in [-0.05, 0) is 0 Å². The largest absolute Gasteiger partial charge is 0 e. The standard InChI is InChI=1S/C6H10.CH.78W/c1-5-6(2,3)4;;;;;;;;;;;;;;;;;;;;;;;;;;;;;;;;;;;;;;;;;;;;;;;;;;;;;;;;;;;;;;;;;;;;;;;;;;;;;;;/h1H,2-4H3;1H;;;;;;;;;;;;;;;;;;;;;;;;;;;;;;;;;;;;;;;;;;;;;;;;;;;;;;;;;;;;;;;;;;;;;;;;;;;;;;/q;-1;;;;;;;;;;;;;;;;;;;;;;;;;;;;;;;;;;;;;;;;;;;;;;;;;;;;;;;;;;;;;;;;;;;;;;;;;;;;;;. The van der Waals surface area contributed by atoms with Crippen molar-refractivity contribution >= 4 is 13.2 Å². The Labute approximate surface area is 1630 Å². The molecule has 0 atom stereocenters. The monoisotopic (exact) mass is 14400 g/mol. The summed E-state index contributed by atoms with van der Waals surface area (Å²) in [4.78, 5) is 4.58. The summed E-state index contributed by atoms with van der Waals surface area (Å²) in [5.41, 5.74) is 0.428. The van der Waals surface area contributed by atoms with Gasteiger partial charge in [0.15, 0.2) is 0 Å². The summed E-state index contributed by atoms with van der Waals surface area (Å²) in [5.74, 6) is 0. The van der Waals surface area contributed by atoms with Crippen molar-refractivity contribution in [3.63, 3.8) is 0 Å². The number of rotatable bonds is 1. The first kappa shape index (κ1) is 694. The van der Waals surface area contributed by atoms with Crippen molar-refractivity contribution in [3.05, 3.63) is 0 Å². The zero-order valence-electron chi connectivity index (χ0n) is 37.0. The molecule has 508 valence electrons. The van der Waals surface area contributed by atoms with E-state index < -0.39 is 0 Å². The van der Waals surface area contributed by atoms with E-state index in [4.69, 9.17) is 0 Å². The zero-order chi connectivity index (χ0) is 8.78. The van der Waals surface area contributed by atoms with Gasteiger partial charge < -0.3 is 0 Å². The second kappa shape index (κ2) is 637. The third kappa shape index (κ3) is 669. The number of hydrogen-bond acceptors (Lipinski definition) is 0. The fraction of sp³-hybridized carbons (Fsp3) is 0.571. The van der Waals surface area contributed by atoms with E-state index in [9.17, 15) is 0 Å². The molecule has 0 saturated carbocycles. The summed E-state index contributed by atoms with van der Waals surface area (Å²) in [5, 5.41) is 0. The van der Waals surface area contributed by atoms with Crippen LogP contribution < -0.4 is 0 Å². The molecule has 0 saturated heterocycles. The van der Waals surface area contributed by atoms with Crippen LogP contribution in [0.3, 0.4) is 0 Å². The Kier molecular flexibility index (Phi) is 5200. The molecule has 0 aromatic rings. The minimum Gasteiger partial charge on any atom is 0 e. The van der Waals surface area contributed by atoms with Crippen molar-refractivity contribution in [2.24, 2.45) is 5.41 Å². The predicted octanol–water partition coefficient (Wildman–Crippen LogP) is 0.755. The fourth-order valence-corrected chi connectivity index (χ4v) is 1.45. The van der Waals surface area contributed by atoms with Gasteiger partial charge in [-0.25, -0.2) is 0 Å². The Bertz CT molecular complexity index is 147. The maximum absolute atomic E-state index is 4.58. The molecule has 0 aliphatic heterocycles. The Balaban J connectivity index is -0.000000000110. The van der Waals surface area contributed by atoms with Crippen LogP contribution >= 0.6 is 0 Å². The molecule has 0 fully saturated rings. The van der Waals surface area contributed by atoms with Crippen LogP contribution in [0, 0.1) is 5.41 Å². The van der Waals surface area contributed by atoms with Crippen molar-refractivity contribution in [2.45, 2.75) is 20.8 Å². The molecule has 0 radical (unpaired) electrons. The second-order valence-corrected chi connectivity index (χ2v) is 5.16. The molecule has 0 N–H and O–H groups in total. The van der Waals surface area contributed by atoms with E-state index in [-0.39, 0.29) is 1580 Å². The SMILES string of the molecule is CC(C)(C)[C](=[W])[CH]=[W].[CH-]=[W].[W].[W].[W].[W].[W].[W].[W].[W].[W].[W].[W].[W].[W].[W].[W].[W].[W].[W].[W].[W].[W].[W].[W].[W].[W].[W].[W].[W].[W].[W].[W].[W].[W].[W].[W].[W].[W].[W].[W].[W].[W].[W].[W].[W].[W].[W].[W].[W].[W].[W].[W].[W].[W].[W].[W].[W].[W].[W].[W].[W].[W].[W].[W].[W].[W].[W].[W].[W].[W].[W].[W].[W].[W].[W].[W]. The van der Waals surface area contributed by atoms with E-state index in [0.29, 0.717) is 5.41 Å². The summed E-state index contributed by atoms with van der Waals surface area (Å²) in [6.07, 6.45) is 0. The Morgan fingerprint density at radius 2 is 0.200 bits per heavy atom. The van der Waals surface area contributed by atoms with Crippen molar-refractivity contribution in [1.82, 2.24) is 0 Å². The fourth-order valence-electron chi connectivity index (χ4n) is 0.177. The van der Waals surface area contributed by atoms with Crippen molar-refractivity contribution < 1.29 is 1640 Å². The maximum atomic E-state index is 4.58. The summed E-state index contributed by atoms with van der Waals surface area (Å²) in [6, 6.07) is 0. The number of hydrogen-bond donors (Lipinski definition) is 0. The van der Waals surface area contributed by atoms with Crippen LogP contribution in [-0.2, 0) is 1640 Å². The molecule has 0 spiro atoms. The zero-order valence-corrected chi connectivity index (χ0v) is 266. The van der Waals surface area contributed by atoms with Gasteiger partial charge in [0.1, 0.15) is 0 Å². The van der Waals surface area contributed by atoms with Crippen molar-refractivity contribution in [1.29, 1.82) is 0 Å². The average Bonchev–Trinajstić information content (AvgIpc) is 1.89. The molecule has 0 nitrogen and oxygen atoms in total. The third-order valence-electron chi connectivity index (χ3n) is 0.846. The molecule has 0 heterocycles. The first-order valence-electron chi connectivity index (χ1n) is 2.71. The van der Waals surface area contributed by atoms with E-state index in [1.807, 2.05) is 0 Å². The van der Waals surface area contributed by atoms with Crippen molar-refractivity contribution in [2.75, 3.05) is 0 Å². The van der Waals surface area contributed by atoms with Gasteiger partial charge in [-0.2, -0.15) is 0 Å². The van der Waals surface area contributed by atoms with Gasteiger partial charge in [0, 0.05) is 1580 Å². The van der Waals surface area contributed by atoms with Crippen LogP contribution in [0.2, 0.25) is 0 Å². The van der Waals surface area contributed by atoms with Crippen LogP contribution in [0.4, 0.5) is 0 Å². The van der Waals surface area contributed by atoms with Gasteiger partial charge in [0.25, 0.3) is 0 Å². The van der Waals surface area contributed by atoms with E-state index >= 15 is 0 Å². The van der Waals surface area contributed by atoms with Gasteiger partial charge in [0.2, 0.25) is 0 Å². The molecule has 0 aliphatic rings. The molecule has 0 aromatic heterocycles. The summed E-state index contributed by atoms with van der Waals surface area (Å²) >= 11 is 4.27. The molecule has 0 rings (SSSR count). The van der Waals surface area contributed by atoms with Crippen molar-refractivity contribution in [3.8, 4) is 0 Å². The maximum Gasteiger partial charge on any atom is 0 e. The molecule has 0 unspecified atom stereocenters. The molecule has 78 heteroatoms. The Hall–Kier alpha value is 53.3. The van der Waals surface area contributed by atoms with E-state index in [1.54, 1.807) is 42.6 Å². The van der Waals surface area contributed by atoms with Gasteiger partial charge in [-0.15, -0.1) is 0 Å². The third-order valence-corrected chi connectivity index (χ3v) is 6.65. The molecular weight excluding hydrogens is 14400 g/mol. The van der Waals surface area contributed by atoms with Gasteiger partial charge in [-0.1, -0.05) is 0 Å². The molecule has 0 aliphatic carbocycles. The Morgan fingerprint density at radius 3 is 0.200 bits per heavy atom. The van der Waals surface area contributed by atoms with Crippen LogP contribution in [0.1, 0.15) is 20.8 Å². The minimum atomic E-state index is 0. The van der Waals surface area contributed by atoms with Gasteiger partial charge >= 0.3 is 97.4 Å². The first-order chi connectivity index (χ1) is 4.48. The Morgan fingerprint density at radius 1 is 0.165 bits per heavy atom. The quantitative estimate of drug-likeness (QED) is 0.341. The molecular formula is C7H11W78-. The second-order valence-electron chi connectivity index (χ2n) is 2.73. The molecule has 85 heavy (non-hydrogen) atoms. The smallest absolute Gasteiger partial charge is 0 e. The first-order valence-corrected chi connectivity index (χ1v) is 7.57. The van der Waals surface area contributed by atoms with E-state index in [1.165, 1.54) is 0 Å². The molecule has 0 bridgehead atoms. The van der Waals surface area contributed by atoms with Crippen LogP contribution in [-0.4, -0.2) is 13.2 Å². The topological polar surface area (TPSA) is 0 Å². The molecule has 0 aromatic carbocycles. The minimum absolute atomic E-state index is 0. The van der Waals surface area contributed by atoms with E-state index in [0.717, 1.165) is 19.4 Å². The van der Waals surface area contributed by atoms with Crippen LogP contribution in [0.15, 0.2) is 0 Å².